The summed E-state index contributed by atoms with van der Waals surface area (Å²) in [6.07, 6.45) is 0. The molecule has 98 valence electrons. The van der Waals surface area contributed by atoms with Crippen LogP contribution in [0.4, 0.5) is 10.8 Å². The van der Waals surface area contributed by atoms with Gasteiger partial charge in [-0.05, 0) is 31.5 Å². The largest absolute Gasteiger partial charge is 0.330 e. The average molecular weight is 290 g/mol. The third-order valence-electron chi connectivity index (χ3n) is 2.35. The Balaban J connectivity index is 1.96. The number of benzene rings is 1. The van der Waals surface area contributed by atoms with Gasteiger partial charge in [0.25, 0.3) is 0 Å². The van der Waals surface area contributed by atoms with Crippen molar-refractivity contribution in [1.29, 1.82) is 5.26 Å². The van der Waals surface area contributed by atoms with Crippen molar-refractivity contribution in [2.45, 2.75) is 18.2 Å². The van der Waals surface area contributed by atoms with E-state index in [9.17, 15) is 0 Å². The van der Waals surface area contributed by atoms with E-state index < -0.39 is 0 Å². The van der Waals surface area contributed by atoms with Crippen LogP contribution in [0.5, 0.6) is 0 Å². The molecule has 0 aliphatic rings. The van der Waals surface area contributed by atoms with Crippen molar-refractivity contribution in [3.63, 3.8) is 0 Å². The monoisotopic (exact) mass is 290 g/mol. The maximum absolute atomic E-state index is 8.73. The molecule has 6 heteroatoms. The van der Waals surface area contributed by atoms with Gasteiger partial charge in [-0.2, -0.15) is 5.26 Å². The summed E-state index contributed by atoms with van der Waals surface area (Å²) < 4.78 is 0.886. The van der Waals surface area contributed by atoms with Gasteiger partial charge in [-0.3, -0.25) is 0 Å². The lowest BCUT2D eigenvalue weighted by molar-refractivity contribution is 0.862. The van der Waals surface area contributed by atoms with E-state index >= 15 is 0 Å². The van der Waals surface area contributed by atoms with Crippen molar-refractivity contribution < 1.29 is 0 Å². The Kier molecular flexibility index (Phi) is 4.77. The highest BCUT2D eigenvalue weighted by Crippen LogP contribution is 2.28. The topological polar surface area (TPSA) is 61.6 Å². The molecule has 4 nitrogen and oxygen atoms in total. The molecule has 19 heavy (non-hydrogen) atoms. The first-order valence-electron chi connectivity index (χ1n) is 5.87. The molecular formula is C13H14N4S2. The van der Waals surface area contributed by atoms with E-state index in [-0.39, 0.29) is 5.92 Å². The second-order valence-electron chi connectivity index (χ2n) is 4.21. The summed E-state index contributed by atoms with van der Waals surface area (Å²) in [5.74, 6) is 0.775. The fraction of sp³-hybridized carbons (Fsp3) is 0.308. The lowest BCUT2D eigenvalue weighted by Gasteiger charge is -2.02. The van der Waals surface area contributed by atoms with E-state index in [1.165, 1.54) is 16.9 Å². The third-order valence-corrected chi connectivity index (χ3v) is 4.59. The molecule has 1 aromatic carbocycles. The van der Waals surface area contributed by atoms with Gasteiger partial charge in [-0.15, -0.1) is 10.2 Å². The molecule has 1 atom stereocenters. The first kappa shape index (κ1) is 13.8. The van der Waals surface area contributed by atoms with Crippen LogP contribution in [-0.4, -0.2) is 16.0 Å². The number of aryl methyl sites for hydroxylation is 1. The molecule has 0 radical (unpaired) electrons. The van der Waals surface area contributed by atoms with Crippen LogP contribution < -0.4 is 5.32 Å². The zero-order valence-electron chi connectivity index (χ0n) is 10.8. The van der Waals surface area contributed by atoms with Crippen molar-refractivity contribution in [2.24, 2.45) is 5.92 Å². The number of rotatable bonds is 5. The van der Waals surface area contributed by atoms with E-state index in [4.69, 9.17) is 5.26 Å². The highest BCUT2D eigenvalue weighted by Gasteiger charge is 2.07. The smallest absolute Gasteiger partial charge is 0.210 e. The molecule has 0 fully saturated rings. The van der Waals surface area contributed by atoms with E-state index in [0.29, 0.717) is 0 Å². The molecule has 1 N–H and O–H groups in total. The summed E-state index contributed by atoms with van der Waals surface area (Å²) in [7, 11) is 0. The summed E-state index contributed by atoms with van der Waals surface area (Å²) in [6, 6.07) is 10.3. The predicted molar refractivity (Wildman–Crippen MR) is 79.9 cm³/mol. The summed E-state index contributed by atoms with van der Waals surface area (Å²) in [6.45, 7) is 3.95. The summed E-state index contributed by atoms with van der Waals surface area (Å²) in [5.41, 5.74) is 2.21. The number of nitrogens with one attached hydrogen (secondary N) is 1. The fourth-order valence-corrected chi connectivity index (χ4v) is 3.14. The number of aromatic nitrogens is 2. The minimum atomic E-state index is 0.0297. The first-order chi connectivity index (χ1) is 9.17. The van der Waals surface area contributed by atoms with Crippen molar-refractivity contribution >= 4 is 33.9 Å². The Morgan fingerprint density at radius 1 is 1.47 bits per heavy atom. The van der Waals surface area contributed by atoms with Crippen LogP contribution in [0.2, 0.25) is 0 Å². The Hall–Kier alpha value is -1.58. The predicted octanol–water partition coefficient (Wildman–Crippen LogP) is 3.84. The van der Waals surface area contributed by atoms with Crippen LogP contribution in [0, 0.1) is 24.2 Å². The van der Waals surface area contributed by atoms with E-state index in [0.717, 1.165) is 20.9 Å². The normalized spacial score (nSPS) is 11.8. The molecule has 2 rings (SSSR count). The average Bonchev–Trinajstić information content (AvgIpc) is 2.83. The van der Waals surface area contributed by atoms with Crippen LogP contribution in [0.3, 0.4) is 0 Å². The summed E-state index contributed by atoms with van der Waals surface area (Å²) in [4.78, 5) is 0. The summed E-state index contributed by atoms with van der Waals surface area (Å²) in [5, 5.41) is 20.9. The van der Waals surface area contributed by atoms with E-state index in [1.807, 2.05) is 19.1 Å². The summed E-state index contributed by atoms with van der Waals surface area (Å²) >= 11 is 3.08. The minimum absolute atomic E-state index is 0.0297. The Morgan fingerprint density at radius 3 is 3.05 bits per heavy atom. The number of nitrogens with zero attached hydrogens (tertiary/aromatic N) is 3. The van der Waals surface area contributed by atoms with Gasteiger partial charge >= 0.3 is 0 Å². The van der Waals surface area contributed by atoms with Crippen molar-refractivity contribution in [1.82, 2.24) is 10.2 Å². The molecule has 0 amide bonds. The second kappa shape index (κ2) is 6.55. The lowest BCUT2D eigenvalue weighted by Crippen LogP contribution is -1.92. The molecule has 0 aliphatic carbocycles. The van der Waals surface area contributed by atoms with Crippen molar-refractivity contribution in [2.75, 3.05) is 11.1 Å². The van der Waals surface area contributed by atoms with Gasteiger partial charge in [-0.25, -0.2) is 0 Å². The maximum atomic E-state index is 8.73. The second-order valence-corrected chi connectivity index (χ2v) is 6.45. The van der Waals surface area contributed by atoms with Crippen molar-refractivity contribution in [3.05, 3.63) is 29.8 Å². The highest BCUT2D eigenvalue weighted by molar-refractivity contribution is 8.01. The Morgan fingerprint density at radius 2 is 2.32 bits per heavy atom. The highest BCUT2D eigenvalue weighted by atomic mass is 32.2. The number of anilines is 2. The minimum Gasteiger partial charge on any atom is -0.330 e. The first-order valence-corrected chi connectivity index (χ1v) is 7.67. The number of hydrogen-bond donors (Lipinski definition) is 1. The SMILES string of the molecule is Cc1cccc(Nc2nnc(SC[C@@H](C)C#N)s2)c1. The zero-order chi connectivity index (χ0) is 13.7. The van der Waals surface area contributed by atoms with Crippen LogP contribution in [0.25, 0.3) is 0 Å². The number of nitriles is 1. The molecule has 0 bridgehead atoms. The Labute approximate surface area is 120 Å². The van der Waals surface area contributed by atoms with Crippen LogP contribution >= 0.6 is 23.1 Å². The van der Waals surface area contributed by atoms with Gasteiger partial charge < -0.3 is 5.32 Å². The third kappa shape index (κ3) is 4.23. The van der Waals surface area contributed by atoms with Crippen molar-refractivity contribution in [3.8, 4) is 6.07 Å². The number of hydrogen-bond acceptors (Lipinski definition) is 6. The van der Waals surface area contributed by atoms with Gasteiger partial charge in [0.2, 0.25) is 5.13 Å². The van der Waals surface area contributed by atoms with E-state index in [1.54, 1.807) is 11.8 Å². The fourth-order valence-electron chi connectivity index (χ4n) is 1.40. The van der Waals surface area contributed by atoms with E-state index in [2.05, 4.69) is 40.6 Å². The molecular weight excluding hydrogens is 276 g/mol. The van der Waals surface area contributed by atoms with Crippen LogP contribution in [0.1, 0.15) is 12.5 Å². The molecule has 1 aromatic heterocycles. The quantitative estimate of drug-likeness (QED) is 0.848. The molecule has 2 aromatic rings. The van der Waals surface area contributed by atoms with Gasteiger partial charge in [0, 0.05) is 11.4 Å². The molecule has 0 saturated heterocycles. The van der Waals surface area contributed by atoms with Gasteiger partial charge in [0.15, 0.2) is 4.34 Å². The maximum Gasteiger partial charge on any atom is 0.210 e. The molecule has 0 unspecified atom stereocenters. The van der Waals surface area contributed by atoms with Gasteiger partial charge in [0.1, 0.15) is 0 Å². The zero-order valence-corrected chi connectivity index (χ0v) is 12.4. The Bertz CT molecular complexity index is 588. The standard InChI is InChI=1S/C13H14N4S2/c1-9-4-3-5-11(6-9)15-12-16-17-13(19-12)18-8-10(2)7-14/h3-6,10H,8H2,1-2H3,(H,15,16)/t10-/m0/s1. The van der Waals surface area contributed by atoms with Gasteiger partial charge in [-0.1, -0.05) is 35.2 Å². The van der Waals surface area contributed by atoms with Crippen LogP contribution in [-0.2, 0) is 0 Å². The molecule has 1 heterocycles. The molecule has 0 aliphatic heterocycles. The lowest BCUT2D eigenvalue weighted by atomic mass is 10.2. The van der Waals surface area contributed by atoms with Crippen LogP contribution in [0.15, 0.2) is 28.6 Å². The van der Waals surface area contributed by atoms with Gasteiger partial charge in [0.05, 0.1) is 12.0 Å². The molecule has 0 spiro atoms. The number of thioether (sulfide) groups is 1. The molecule has 0 saturated carbocycles.